The van der Waals surface area contributed by atoms with Crippen molar-refractivity contribution in [2.24, 2.45) is 0 Å². The van der Waals surface area contributed by atoms with Crippen LogP contribution in [0.4, 0.5) is 0 Å². The second kappa shape index (κ2) is 7.18. The van der Waals surface area contributed by atoms with Crippen LogP contribution in [0, 0.1) is 0 Å². The summed E-state index contributed by atoms with van der Waals surface area (Å²) in [6, 6.07) is -0.255. The van der Waals surface area contributed by atoms with Gasteiger partial charge in [0.15, 0.2) is 0 Å². The summed E-state index contributed by atoms with van der Waals surface area (Å²) in [6.45, 7) is 4.59. The van der Waals surface area contributed by atoms with Crippen LogP contribution in [0.15, 0.2) is 6.20 Å². The van der Waals surface area contributed by atoms with Crippen molar-refractivity contribution in [1.29, 1.82) is 0 Å². The Hall–Kier alpha value is -0.500. The molecule has 1 unspecified atom stereocenters. The third-order valence-electron chi connectivity index (χ3n) is 2.49. The number of aromatic nitrogens is 1. The zero-order valence-electron chi connectivity index (χ0n) is 11.1. The molecule has 1 rings (SSSR count). The highest BCUT2D eigenvalue weighted by atomic mass is 32.2. The van der Waals surface area contributed by atoms with E-state index in [-0.39, 0.29) is 11.8 Å². The van der Waals surface area contributed by atoms with Gasteiger partial charge >= 0.3 is 0 Å². The van der Waals surface area contributed by atoms with Crippen LogP contribution in [0.1, 0.15) is 36.2 Å². The number of nitrogens with one attached hydrogen (secondary N) is 2. The van der Waals surface area contributed by atoms with Crippen molar-refractivity contribution in [2.75, 3.05) is 19.3 Å². The van der Waals surface area contributed by atoms with E-state index in [1.54, 1.807) is 11.3 Å². The minimum atomic E-state index is -3.22. The summed E-state index contributed by atoms with van der Waals surface area (Å²) < 4.78 is 26.3. The Balaban J connectivity index is 2.55. The lowest BCUT2D eigenvalue weighted by atomic mass is 10.4. The van der Waals surface area contributed by atoms with Crippen LogP contribution in [0.5, 0.6) is 0 Å². The minimum Gasteiger partial charge on any atom is -0.320 e. The van der Waals surface area contributed by atoms with Crippen LogP contribution in [-0.2, 0) is 16.4 Å². The van der Waals surface area contributed by atoms with E-state index in [0.29, 0.717) is 13.0 Å². The molecule has 0 fully saturated rings. The van der Waals surface area contributed by atoms with Crippen molar-refractivity contribution in [2.45, 2.75) is 32.7 Å². The van der Waals surface area contributed by atoms with Crippen LogP contribution in [0.2, 0.25) is 0 Å². The summed E-state index contributed by atoms with van der Waals surface area (Å²) in [5.41, 5.74) is 0. The number of rotatable bonds is 8. The topological polar surface area (TPSA) is 71.1 Å². The predicted octanol–water partition coefficient (Wildman–Crippen LogP) is 1.30. The van der Waals surface area contributed by atoms with Gasteiger partial charge in [-0.15, -0.1) is 11.3 Å². The molecule has 2 N–H and O–H groups in total. The summed E-state index contributed by atoms with van der Waals surface area (Å²) in [6.07, 6.45) is 3.35. The summed E-state index contributed by atoms with van der Waals surface area (Å²) in [4.78, 5) is 5.42. The highest BCUT2D eigenvalue weighted by Crippen LogP contribution is 2.20. The van der Waals surface area contributed by atoms with Crippen molar-refractivity contribution in [3.63, 3.8) is 0 Å². The molecule has 18 heavy (non-hydrogen) atoms. The maximum absolute atomic E-state index is 11.8. The summed E-state index contributed by atoms with van der Waals surface area (Å²) in [5.74, 6) is 0.143. The summed E-state index contributed by atoms with van der Waals surface area (Å²) in [7, 11) is -1.41. The molecule has 0 saturated carbocycles. The van der Waals surface area contributed by atoms with Crippen LogP contribution < -0.4 is 10.0 Å². The van der Waals surface area contributed by atoms with E-state index in [0.717, 1.165) is 11.4 Å². The van der Waals surface area contributed by atoms with Crippen LogP contribution in [0.3, 0.4) is 0 Å². The number of aryl methyl sites for hydroxylation is 1. The van der Waals surface area contributed by atoms with Gasteiger partial charge in [-0.05, 0) is 33.4 Å². The Morgan fingerprint density at radius 3 is 2.78 bits per heavy atom. The van der Waals surface area contributed by atoms with E-state index in [2.05, 4.69) is 21.9 Å². The average Bonchev–Trinajstić information content (AvgIpc) is 2.77. The Kier molecular flexibility index (Phi) is 6.20. The Bertz CT molecular complexity index is 457. The fraction of sp³-hybridized carbons (Fsp3) is 0.727. The van der Waals surface area contributed by atoms with E-state index in [4.69, 9.17) is 0 Å². The smallest absolute Gasteiger partial charge is 0.212 e. The lowest BCUT2D eigenvalue weighted by Crippen LogP contribution is -2.30. The highest BCUT2D eigenvalue weighted by molar-refractivity contribution is 7.89. The van der Waals surface area contributed by atoms with Gasteiger partial charge in [0.05, 0.1) is 11.8 Å². The zero-order valence-corrected chi connectivity index (χ0v) is 12.7. The molecule has 104 valence electrons. The van der Waals surface area contributed by atoms with Gasteiger partial charge in [0.2, 0.25) is 10.0 Å². The van der Waals surface area contributed by atoms with Gasteiger partial charge in [0.1, 0.15) is 5.01 Å². The van der Waals surface area contributed by atoms with Crippen molar-refractivity contribution in [1.82, 2.24) is 15.0 Å². The number of sulfonamides is 1. The molecular weight excluding hydrogens is 270 g/mol. The molecule has 1 atom stereocenters. The predicted molar refractivity (Wildman–Crippen MR) is 75.4 cm³/mol. The van der Waals surface area contributed by atoms with Crippen molar-refractivity contribution < 1.29 is 8.42 Å². The first-order chi connectivity index (χ1) is 8.48. The second-order valence-electron chi connectivity index (χ2n) is 4.13. The Morgan fingerprint density at radius 1 is 1.50 bits per heavy atom. The van der Waals surface area contributed by atoms with E-state index in [9.17, 15) is 8.42 Å². The SMILES string of the molecule is CCc1cnc(C(C)NS(=O)(=O)CCCNC)s1. The van der Waals surface area contributed by atoms with Gasteiger partial charge in [-0.1, -0.05) is 6.92 Å². The second-order valence-corrected chi connectivity index (χ2v) is 7.15. The molecule has 1 aromatic heterocycles. The Labute approximate surface area is 113 Å². The first-order valence-corrected chi connectivity index (χ1v) is 8.54. The minimum absolute atomic E-state index is 0.143. The third kappa shape index (κ3) is 5.01. The molecule has 1 heterocycles. The van der Waals surface area contributed by atoms with Crippen molar-refractivity contribution >= 4 is 21.4 Å². The molecule has 0 aromatic carbocycles. The average molecular weight is 291 g/mol. The molecule has 0 bridgehead atoms. The quantitative estimate of drug-likeness (QED) is 0.708. The van der Waals surface area contributed by atoms with Gasteiger partial charge < -0.3 is 5.32 Å². The van der Waals surface area contributed by atoms with E-state index >= 15 is 0 Å². The number of thiazole rings is 1. The number of hydrogen-bond donors (Lipinski definition) is 2. The molecular formula is C11H21N3O2S2. The van der Waals surface area contributed by atoms with Crippen LogP contribution >= 0.6 is 11.3 Å². The van der Waals surface area contributed by atoms with Gasteiger partial charge in [-0.25, -0.2) is 18.1 Å². The standard InChI is InChI=1S/C11H21N3O2S2/c1-4-10-8-13-11(17-10)9(2)14-18(15,16)7-5-6-12-3/h8-9,12,14H,4-7H2,1-3H3. The molecule has 0 aliphatic heterocycles. The maximum Gasteiger partial charge on any atom is 0.212 e. The summed E-state index contributed by atoms with van der Waals surface area (Å²) >= 11 is 1.56. The molecule has 0 spiro atoms. The fourth-order valence-electron chi connectivity index (χ4n) is 1.50. The van der Waals surface area contributed by atoms with Crippen molar-refractivity contribution in [3.8, 4) is 0 Å². The van der Waals surface area contributed by atoms with E-state index in [1.165, 1.54) is 4.88 Å². The first-order valence-electron chi connectivity index (χ1n) is 6.07. The molecule has 7 heteroatoms. The lowest BCUT2D eigenvalue weighted by molar-refractivity contribution is 0.562. The molecule has 5 nitrogen and oxygen atoms in total. The highest BCUT2D eigenvalue weighted by Gasteiger charge is 2.17. The van der Waals surface area contributed by atoms with Gasteiger partial charge in [-0.2, -0.15) is 0 Å². The fourth-order valence-corrected chi connectivity index (χ4v) is 3.73. The molecule has 0 aliphatic carbocycles. The van der Waals surface area contributed by atoms with Crippen molar-refractivity contribution in [3.05, 3.63) is 16.1 Å². The van der Waals surface area contributed by atoms with E-state index in [1.807, 2.05) is 20.2 Å². The molecule has 1 aromatic rings. The van der Waals surface area contributed by atoms with Gasteiger partial charge in [0, 0.05) is 11.1 Å². The normalized spacial score (nSPS) is 13.7. The van der Waals surface area contributed by atoms with Crippen LogP contribution in [-0.4, -0.2) is 32.7 Å². The van der Waals surface area contributed by atoms with E-state index < -0.39 is 10.0 Å². The molecule has 0 amide bonds. The zero-order chi connectivity index (χ0) is 13.6. The van der Waals surface area contributed by atoms with Crippen LogP contribution in [0.25, 0.3) is 0 Å². The van der Waals surface area contributed by atoms with Gasteiger partial charge in [0.25, 0.3) is 0 Å². The van der Waals surface area contributed by atoms with Gasteiger partial charge in [-0.3, -0.25) is 0 Å². The lowest BCUT2D eigenvalue weighted by Gasteiger charge is -2.11. The largest absolute Gasteiger partial charge is 0.320 e. The molecule has 0 aliphatic rings. The number of hydrogen-bond acceptors (Lipinski definition) is 5. The number of nitrogens with zero attached hydrogens (tertiary/aromatic N) is 1. The molecule has 0 radical (unpaired) electrons. The first kappa shape index (κ1) is 15.6. The third-order valence-corrected chi connectivity index (χ3v) is 5.35. The summed E-state index contributed by atoms with van der Waals surface area (Å²) in [5, 5.41) is 3.76. The Morgan fingerprint density at radius 2 is 2.22 bits per heavy atom. The monoisotopic (exact) mass is 291 g/mol. The maximum atomic E-state index is 11.8. The molecule has 0 saturated heterocycles.